The van der Waals surface area contributed by atoms with E-state index in [4.69, 9.17) is 4.74 Å². The number of hydrogen-bond acceptors (Lipinski definition) is 3. The van der Waals surface area contributed by atoms with Gasteiger partial charge in [0, 0.05) is 12.3 Å². The fourth-order valence-corrected chi connectivity index (χ4v) is 2.64. The summed E-state index contributed by atoms with van der Waals surface area (Å²) in [6.45, 7) is 2.69. The molecule has 0 aliphatic carbocycles. The molecular weight excluding hydrogens is 285 g/mol. The molecule has 0 unspecified atom stereocenters. The molecule has 1 aromatic heterocycles. The lowest BCUT2D eigenvalue weighted by molar-refractivity contribution is 0.0708. The van der Waals surface area contributed by atoms with Crippen LogP contribution in [0.25, 0.3) is 5.69 Å². The van der Waals surface area contributed by atoms with Crippen molar-refractivity contribution in [3.63, 3.8) is 0 Å². The van der Waals surface area contributed by atoms with Crippen LogP contribution in [-0.4, -0.2) is 34.2 Å². The lowest BCUT2D eigenvalue weighted by atomic mass is 10.1. The topological polar surface area (TPSA) is 56.2 Å². The van der Waals surface area contributed by atoms with Gasteiger partial charge in [0.25, 0.3) is 5.91 Å². The molecule has 22 heavy (non-hydrogen) atoms. The third-order valence-electron chi connectivity index (χ3n) is 3.86. The quantitative estimate of drug-likeness (QED) is 0.943. The predicted octanol–water partition coefficient (Wildman–Crippen LogP) is 2.31. The molecule has 1 aliphatic heterocycles. The first-order valence-electron chi connectivity index (χ1n) is 7.36. The fourth-order valence-electron chi connectivity index (χ4n) is 2.64. The Kier molecular flexibility index (Phi) is 4.20. The molecule has 5 nitrogen and oxygen atoms in total. The normalized spacial score (nSPS) is 19.1. The zero-order chi connectivity index (χ0) is 15.5. The number of carbonyl (C=O) groups excluding carboxylic acids is 1. The van der Waals surface area contributed by atoms with Gasteiger partial charge in [0.2, 0.25) is 0 Å². The van der Waals surface area contributed by atoms with Gasteiger partial charge in [-0.05, 0) is 44.0 Å². The minimum Gasteiger partial charge on any atom is -0.376 e. The summed E-state index contributed by atoms with van der Waals surface area (Å²) in [4.78, 5) is 16.5. The van der Waals surface area contributed by atoms with Crippen LogP contribution in [0.2, 0.25) is 0 Å². The highest BCUT2D eigenvalue weighted by molar-refractivity contribution is 5.93. The molecule has 1 amide bonds. The van der Waals surface area contributed by atoms with Crippen LogP contribution >= 0.6 is 0 Å². The van der Waals surface area contributed by atoms with Crippen molar-refractivity contribution < 1.29 is 13.9 Å². The van der Waals surface area contributed by atoms with Crippen molar-refractivity contribution in [1.29, 1.82) is 0 Å². The van der Waals surface area contributed by atoms with Gasteiger partial charge in [-0.15, -0.1) is 0 Å². The molecule has 6 heteroatoms. The van der Waals surface area contributed by atoms with Gasteiger partial charge in [-0.3, -0.25) is 9.36 Å². The SMILES string of the molecule is C[C@@H](NC(=O)c1cncn1-c1ccc(F)cc1)[C@H]1CCCO1. The van der Waals surface area contributed by atoms with E-state index in [-0.39, 0.29) is 23.9 Å². The van der Waals surface area contributed by atoms with Crippen molar-refractivity contribution in [2.45, 2.75) is 31.9 Å². The Balaban J connectivity index is 1.76. The van der Waals surface area contributed by atoms with E-state index in [0.29, 0.717) is 11.4 Å². The summed E-state index contributed by atoms with van der Waals surface area (Å²) in [5.41, 5.74) is 1.10. The first-order chi connectivity index (χ1) is 10.6. The highest BCUT2D eigenvalue weighted by atomic mass is 19.1. The molecule has 1 aliphatic rings. The number of amides is 1. The lowest BCUT2D eigenvalue weighted by Crippen LogP contribution is -2.41. The monoisotopic (exact) mass is 303 g/mol. The molecule has 0 spiro atoms. The number of halogens is 1. The van der Waals surface area contributed by atoms with Crippen molar-refractivity contribution in [3.8, 4) is 5.69 Å². The fraction of sp³-hybridized carbons (Fsp3) is 0.375. The first-order valence-corrected chi connectivity index (χ1v) is 7.36. The summed E-state index contributed by atoms with van der Waals surface area (Å²) in [5, 5.41) is 2.95. The van der Waals surface area contributed by atoms with Gasteiger partial charge in [-0.2, -0.15) is 0 Å². The van der Waals surface area contributed by atoms with E-state index in [1.54, 1.807) is 23.0 Å². The van der Waals surface area contributed by atoms with Gasteiger partial charge >= 0.3 is 0 Å². The van der Waals surface area contributed by atoms with Crippen molar-refractivity contribution in [3.05, 3.63) is 48.3 Å². The number of nitrogens with zero attached hydrogens (tertiary/aromatic N) is 2. The maximum absolute atomic E-state index is 13.0. The Morgan fingerprint density at radius 3 is 2.91 bits per heavy atom. The Hall–Kier alpha value is -2.21. The van der Waals surface area contributed by atoms with E-state index in [2.05, 4.69) is 10.3 Å². The van der Waals surface area contributed by atoms with Gasteiger partial charge < -0.3 is 10.1 Å². The number of rotatable bonds is 4. The second kappa shape index (κ2) is 6.27. The molecule has 116 valence electrons. The number of ether oxygens (including phenoxy) is 1. The standard InChI is InChI=1S/C16H18FN3O2/c1-11(15-3-2-8-22-15)19-16(21)14-9-18-10-20(14)13-6-4-12(17)5-7-13/h4-7,9-11,15H,2-3,8H2,1H3,(H,19,21)/t11-,15-/m1/s1. The minimum absolute atomic E-state index is 0.0612. The van der Waals surface area contributed by atoms with Crippen LogP contribution in [-0.2, 0) is 4.74 Å². The van der Waals surface area contributed by atoms with Crippen LogP contribution in [0, 0.1) is 5.82 Å². The van der Waals surface area contributed by atoms with E-state index in [1.165, 1.54) is 18.3 Å². The highest BCUT2D eigenvalue weighted by Gasteiger charge is 2.25. The number of aromatic nitrogens is 2. The average molecular weight is 303 g/mol. The summed E-state index contributed by atoms with van der Waals surface area (Å²) >= 11 is 0. The largest absolute Gasteiger partial charge is 0.376 e. The highest BCUT2D eigenvalue weighted by Crippen LogP contribution is 2.17. The van der Waals surface area contributed by atoms with Crippen LogP contribution in [0.5, 0.6) is 0 Å². The molecule has 0 saturated carbocycles. The van der Waals surface area contributed by atoms with Gasteiger partial charge in [0.05, 0.1) is 24.7 Å². The lowest BCUT2D eigenvalue weighted by Gasteiger charge is -2.20. The predicted molar refractivity (Wildman–Crippen MR) is 79.4 cm³/mol. The molecule has 2 heterocycles. The number of nitrogens with one attached hydrogen (secondary N) is 1. The Morgan fingerprint density at radius 2 is 2.23 bits per heavy atom. The number of benzene rings is 1. The minimum atomic E-state index is -0.318. The van der Waals surface area contributed by atoms with Gasteiger partial charge in [-0.1, -0.05) is 0 Å². The molecule has 1 fully saturated rings. The third-order valence-corrected chi connectivity index (χ3v) is 3.86. The number of hydrogen-bond donors (Lipinski definition) is 1. The van der Waals surface area contributed by atoms with E-state index in [1.807, 2.05) is 6.92 Å². The maximum atomic E-state index is 13.0. The summed E-state index contributed by atoms with van der Waals surface area (Å²) in [6, 6.07) is 5.86. The molecular formula is C16H18FN3O2. The maximum Gasteiger partial charge on any atom is 0.270 e. The molecule has 0 bridgehead atoms. The molecule has 3 rings (SSSR count). The molecule has 0 radical (unpaired) electrons. The number of imidazole rings is 1. The molecule has 1 saturated heterocycles. The van der Waals surface area contributed by atoms with Crippen LogP contribution in [0.3, 0.4) is 0 Å². The van der Waals surface area contributed by atoms with Gasteiger partial charge in [0.15, 0.2) is 0 Å². The van der Waals surface area contributed by atoms with Crippen LogP contribution in [0.15, 0.2) is 36.8 Å². The first kappa shape index (κ1) is 14.7. The summed E-state index contributed by atoms with van der Waals surface area (Å²) in [7, 11) is 0. The van der Waals surface area contributed by atoms with Crippen molar-refractivity contribution in [2.75, 3.05) is 6.61 Å². The zero-order valence-corrected chi connectivity index (χ0v) is 12.3. The molecule has 1 aromatic carbocycles. The van der Waals surface area contributed by atoms with E-state index in [9.17, 15) is 9.18 Å². The number of carbonyl (C=O) groups is 1. The van der Waals surface area contributed by atoms with Crippen molar-refractivity contribution in [2.24, 2.45) is 0 Å². The van der Waals surface area contributed by atoms with Crippen LogP contribution in [0.4, 0.5) is 4.39 Å². The van der Waals surface area contributed by atoms with Crippen LogP contribution < -0.4 is 5.32 Å². The van der Waals surface area contributed by atoms with Crippen molar-refractivity contribution in [1.82, 2.24) is 14.9 Å². The van der Waals surface area contributed by atoms with Crippen LogP contribution in [0.1, 0.15) is 30.3 Å². The second-order valence-corrected chi connectivity index (χ2v) is 5.44. The summed E-state index contributed by atoms with van der Waals surface area (Å²) in [6.07, 6.45) is 5.09. The Bertz CT molecular complexity index is 648. The van der Waals surface area contributed by atoms with E-state index in [0.717, 1.165) is 19.4 Å². The Labute approximate surface area is 128 Å². The summed E-state index contributed by atoms with van der Waals surface area (Å²) in [5.74, 6) is -0.535. The van der Waals surface area contributed by atoms with Gasteiger partial charge in [-0.25, -0.2) is 9.37 Å². The average Bonchev–Trinajstić information content (AvgIpc) is 3.19. The zero-order valence-electron chi connectivity index (χ0n) is 12.3. The smallest absolute Gasteiger partial charge is 0.270 e. The van der Waals surface area contributed by atoms with Crippen molar-refractivity contribution >= 4 is 5.91 Å². The molecule has 2 aromatic rings. The van der Waals surface area contributed by atoms with Gasteiger partial charge in [0.1, 0.15) is 11.5 Å². The molecule has 2 atom stereocenters. The Morgan fingerprint density at radius 1 is 1.45 bits per heavy atom. The summed E-state index contributed by atoms with van der Waals surface area (Å²) < 4.78 is 20.2. The molecule has 1 N–H and O–H groups in total. The third kappa shape index (κ3) is 3.01. The van der Waals surface area contributed by atoms with E-state index >= 15 is 0 Å². The second-order valence-electron chi connectivity index (χ2n) is 5.44. The van der Waals surface area contributed by atoms with E-state index < -0.39 is 0 Å².